The lowest BCUT2D eigenvalue weighted by Gasteiger charge is -2.25. The quantitative estimate of drug-likeness (QED) is 0.776. The van der Waals surface area contributed by atoms with E-state index in [-0.39, 0.29) is 5.91 Å². The summed E-state index contributed by atoms with van der Waals surface area (Å²) in [5.74, 6) is 0.605. The molecular weight excluding hydrogens is 328 g/mol. The Kier molecular flexibility index (Phi) is 6.26. The first-order chi connectivity index (χ1) is 12.6. The van der Waals surface area contributed by atoms with E-state index in [9.17, 15) is 4.79 Å². The molecule has 0 aliphatic carbocycles. The van der Waals surface area contributed by atoms with Gasteiger partial charge in [-0.3, -0.25) is 4.79 Å². The molecule has 1 aliphatic rings. The molecule has 26 heavy (non-hydrogen) atoms. The fraction of sp³-hybridized carbons (Fsp3) is 0.381. The van der Waals surface area contributed by atoms with E-state index >= 15 is 0 Å². The molecule has 0 spiro atoms. The van der Waals surface area contributed by atoms with Crippen molar-refractivity contribution in [3.05, 3.63) is 59.7 Å². The number of carbonyl (C=O) groups excluding carboxylic acids is 1. The molecule has 1 N–H and O–H groups in total. The van der Waals surface area contributed by atoms with E-state index in [0.29, 0.717) is 18.9 Å². The van der Waals surface area contributed by atoms with Crippen LogP contribution in [0, 0.1) is 0 Å². The Morgan fingerprint density at radius 2 is 2.08 bits per heavy atom. The van der Waals surface area contributed by atoms with Crippen molar-refractivity contribution in [2.24, 2.45) is 0 Å². The molecule has 0 bridgehead atoms. The molecule has 1 unspecified atom stereocenters. The zero-order chi connectivity index (χ0) is 18.4. The summed E-state index contributed by atoms with van der Waals surface area (Å²) in [5, 5.41) is 2.95. The van der Waals surface area contributed by atoms with E-state index in [0.717, 1.165) is 30.7 Å². The lowest BCUT2D eigenvalue weighted by molar-refractivity contribution is -0.128. The lowest BCUT2D eigenvalue weighted by Crippen LogP contribution is -2.28. The highest BCUT2D eigenvalue weighted by Gasteiger charge is 2.27. The van der Waals surface area contributed by atoms with Gasteiger partial charge in [-0.1, -0.05) is 30.3 Å². The molecule has 2 aromatic carbocycles. The van der Waals surface area contributed by atoms with Crippen LogP contribution in [0.25, 0.3) is 0 Å². The third kappa shape index (κ3) is 4.84. The summed E-state index contributed by atoms with van der Waals surface area (Å²) >= 11 is 0. The van der Waals surface area contributed by atoms with Crippen LogP contribution in [0.2, 0.25) is 0 Å². The SMILES string of the molecule is CN(C)CCCOc1cccc(NC(=O)C2OCCc3ccccc32)c1. The molecule has 138 valence electrons. The third-order valence-electron chi connectivity index (χ3n) is 4.35. The van der Waals surface area contributed by atoms with E-state index in [1.54, 1.807) is 0 Å². The summed E-state index contributed by atoms with van der Waals surface area (Å²) < 4.78 is 11.5. The Bertz CT molecular complexity index is 746. The first kappa shape index (κ1) is 18.4. The van der Waals surface area contributed by atoms with E-state index in [1.807, 2.05) is 56.6 Å². The zero-order valence-electron chi connectivity index (χ0n) is 15.4. The number of rotatable bonds is 7. The number of hydrogen-bond donors (Lipinski definition) is 1. The summed E-state index contributed by atoms with van der Waals surface area (Å²) in [4.78, 5) is 14.8. The van der Waals surface area contributed by atoms with Gasteiger partial charge in [0.25, 0.3) is 5.91 Å². The van der Waals surface area contributed by atoms with Crippen LogP contribution < -0.4 is 10.1 Å². The van der Waals surface area contributed by atoms with Gasteiger partial charge in [0.1, 0.15) is 5.75 Å². The number of fused-ring (bicyclic) bond motifs is 1. The van der Waals surface area contributed by atoms with Crippen LogP contribution in [0.15, 0.2) is 48.5 Å². The number of amides is 1. The van der Waals surface area contributed by atoms with Gasteiger partial charge in [-0.05, 0) is 50.2 Å². The van der Waals surface area contributed by atoms with Gasteiger partial charge in [-0.25, -0.2) is 0 Å². The second-order valence-corrected chi connectivity index (χ2v) is 6.72. The molecule has 0 saturated heterocycles. The second-order valence-electron chi connectivity index (χ2n) is 6.72. The summed E-state index contributed by atoms with van der Waals surface area (Å²) in [7, 11) is 4.09. The van der Waals surface area contributed by atoms with Gasteiger partial charge in [-0.15, -0.1) is 0 Å². The van der Waals surface area contributed by atoms with Gasteiger partial charge in [0.15, 0.2) is 6.10 Å². The number of benzene rings is 2. The van der Waals surface area contributed by atoms with Gasteiger partial charge >= 0.3 is 0 Å². The minimum Gasteiger partial charge on any atom is -0.493 e. The standard InChI is InChI=1S/C21H26N2O3/c1-23(2)12-6-13-25-18-9-5-8-17(15-18)22-21(24)20-19-10-4-3-7-16(19)11-14-26-20/h3-5,7-10,15,20H,6,11-14H2,1-2H3,(H,22,24). The highest BCUT2D eigenvalue weighted by molar-refractivity contribution is 5.95. The summed E-state index contributed by atoms with van der Waals surface area (Å²) in [6, 6.07) is 15.4. The van der Waals surface area contributed by atoms with E-state index < -0.39 is 6.10 Å². The average Bonchev–Trinajstić information content (AvgIpc) is 2.65. The van der Waals surface area contributed by atoms with Crippen molar-refractivity contribution in [2.75, 3.05) is 39.2 Å². The second kappa shape index (κ2) is 8.83. The number of hydrogen-bond acceptors (Lipinski definition) is 4. The smallest absolute Gasteiger partial charge is 0.258 e. The molecule has 2 aromatic rings. The lowest BCUT2D eigenvalue weighted by atomic mass is 9.97. The van der Waals surface area contributed by atoms with Crippen molar-refractivity contribution in [2.45, 2.75) is 18.9 Å². The Morgan fingerprint density at radius 3 is 2.92 bits per heavy atom. The fourth-order valence-corrected chi connectivity index (χ4v) is 3.05. The van der Waals surface area contributed by atoms with E-state index in [1.165, 1.54) is 5.56 Å². The van der Waals surface area contributed by atoms with E-state index in [2.05, 4.69) is 16.3 Å². The molecule has 3 rings (SSSR count). The van der Waals surface area contributed by atoms with Crippen molar-refractivity contribution in [1.29, 1.82) is 0 Å². The molecule has 0 aromatic heterocycles. The minimum absolute atomic E-state index is 0.151. The number of ether oxygens (including phenoxy) is 2. The Hall–Kier alpha value is -2.37. The van der Waals surface area contributed by atoms with Crippen molar-refractivity contribution in [3.8, 4) is 5.75 Å². The predicted octanol–water partition coefficient (Wildman–Crippen LogP) is 3.27. The Labute approximate surface area is 154 Å². The predicted molar refractivity (Wildman–Crippen MR) is 103 cm³/mol. The summed E-state index contributed by atoms with van der Waals surface area (Å²) in [5.41, 5.74) is 2.84. The van der Waals surface area contributed by atoms with Crippen LogP contribution in [0.3, 0.4) is 0 Å². The van der Waals surface area contributed by atoms with Crippen LogP contribution >= 0.6 is 0 Å². The highest BCUT2D eigenvalue weighted by Crippen LogP contribution is 2.28. The van der Waals surface area contributed by atoms with Crippen molar-refractivity contribution >= 4 is 11.6 Å². The molecule has 5 heteroatoms. The molecule has 1 amide bonds. The number of anilines is 1. The molecule has 1 atom stereocenters. The molecular formula is C21H26N2O3. The van der Waals surface area contributed by atoms with Gasteiger partial charge in [0.2, 0.25) is 0 Å². The third-order valence-corrected chi connectivity index (χ3v) is 4.35. The monoisotopic (exact) mass is 354 g/mol. The normalized spacial score (nSPS) is 16.2. The maximum absolute atomic E-state index is 12.7. The van der Waals surface area contributed by atoms with Gasteiger partial charge in [0.05, 0.1) is 13.2 Å². The Balaban J connectivity index is 1.61. The largest absolute Gasteiger partial charge is 0.493 e. The number of nitrogens with one attached hydrogen (secondary N) is 1. The van der Waals surface area contributed by atoms with Crippen LogP contribution in [-0.4, -0.2) is 44.7 Å². The van der Waals surface area contributed by atoms with E-state index in [4.69, 9.17) is 9.47 Å². The zero-order valence-corrected chi connectivity index (χ0v) is 15.4. The van der Waals surface area contributed by atoms with Crippen molar-refractivity contribution in [3.63, 3.8) is 0 Å². The topological polar surface area (TPSA) is 50.8 Å². The molecule has 5 nitrogen and oxygen atoms in total. The molecule has 1 heterocycles. The van der Waals surface area contributed by atoms with Gasteiger partial charge < -0.3 is 19.7 Å². The molecule has 0 saturated carbocycles. The number of carbonyl (C=O) groups is 1. The Morgan fingerprint density at radius 1 is 1.23 bits per heavy atom. The molecule has 0 fully saturated rings. The molecule has 1 aliphatic heterocycles. The first-order valence-electron chi connectivity index (χ1n) is 9.01. The van der Waals surface area contributed by atoms with Crippen molar-refractivity contribution in [1.82, 2.24) is 4.90 Å². The minimum atomic E-state index is -0.565. The highest BCUT2D eigenvalue weighted by atomic mass is 16.5. The van der Waals surface area contributed by atoms with Crippen LogP contribution in [-0.2, 0) is 16.0 Å². The van der Waals surface area contributed by atoms with Crippen LogP contribution in [0.4, 0.5) is 5.69 Å². The fourth-order valence-electron chi connectivity index (χ4n) is 3.05. The van der Waals surface area contributed by atoms with Gasteiger partial charge in [0, 0.05) is 18.3 Å². The maximum Gasteiger partial charge on any atom is 0.258 e. The number of nitrogens with zero attached hydrogens (tertiary/aromatic N) is 1. The molecule has 0 radical (unpaired) electrons. The van der Waals surface area contributed by atoms with Crippen LogP contribution in [0.5, 0.6) is 5.75 Å². The van der Waals surface area contributed by atoms with Crippen LogP contribution in [0.1, 0.15) is 23.7 Å². The van der Waals surface area contributed by atoms with Crippen molar-refractivity contribution < 1.29 is 14.3 Å². The van der Waals surface area contributed by atoms with Gasteiger partial charge in [-0.2, -0.15) is 0 Å². The summed E-state index contributed by atoms with van der Waals surface area (Å²) in [6.45, 7) is 2.19. The average molecular weight is 354 g/mol. The first-order valence-corrected chi connectivity index (χ1v) is 9.01. The maximum atomic E-state index is 12.7. The summed E-state index contributed by atoms with van der Waals surface area (Å²) in [6.07, 6.45) is 1.23.